The second kappa shape index (κ2) is 8.96. The van der Waals surface area contributed by atoms with E-state index in [0.29, 0.717) is 17.4 Å². The molecule has 0 aromatic heterocycles. The molecule has 0 radical (unpaired) electrons. The van der Waals surface area contributed by atoms with Gasteiger partial charge < -0.3 is 0 Å². The quantitative estimate of drug-likeness (QED) is 0.347. The lowest BCUT2D eigenvalue weighted by molar-refractivity contribution is -0.142. The van der Waals surface area contributed by atoms with E-state index in [4.69, 9.17) is 0 Å². The lowest BCUT2D eigenvalue weighted by Gasteiger charge is -2.31. The van der Waals surface area contributed by atoms with Crippen LogP contribution in [0.3, 0.4) is 0 Å². The van der Waals surface area contributed by atoms with Gasteiger partial charge in [-0.25, -0.2) is 8.78 Å². The van der Waals surface area contributed by atoms with Gasteiger partial charge in [-0.15, -0.1) is 6.58 Å². The molecule has 0 N–H and O–H groups in total. The first-order valence-corrected chi connectivity index (χ1v) is 10.5. The number of hydrogen-bond acceptors (Lipinski definition) is 0. The molecule has 0 bridgehead atoms. The van der Waals surface area contributed by atoms with E-state index in [1.54, 1.807) is 0 Å². The van der Waals surface area contributed by atoms with Crippen molar-refractivity contribution < 1.29 is 22.0 Å². The molecule has 5 heteroatoms. The molecule has 0 heterocycles. The van der Waals surface area contributed by atoms with Crippen LogP contribution in [0.15, 0.2) is 24.8 Å². The minimum atomic E-state index is -5.00. The molecular formula is C23H29F5. The molecule has 0 nitrogen and oxygen atoms in total. The molecule has 1 aromatic carbocycles. The molecule has 2 aliphatic rings. The molecule has 156 valence electrons. The third-order valence-corrected chi connectivity index (χ3v) is 6.87. The summed E-state index contributed by atoms with van der Waals surface area (Å²) in [6, 6.07) is 1.77. The van der Waals surface area contributed by atoms with Crippen molar-refractivity contribution in [3.05, 3.63) is 47.5 Å². The molecule has 2 aliphatic carbocycles. The predicted octanol–water partition coefficient (Wildman–Crippen LogP) is 8.03. The fourth-order valence-corrected chi connectivity index (χ4v) is 5.07. The van der Waals surface area contributed by atoms with Gasteiger partial charge >= 0.3 is 6.18 Å². The molecule has 0 saturated heterocycles. The molecule has 28 heavy (non-hydrogen) atoms. The largest absolute Gasteiger partial charge is 0.422 e. The standard InChI is InChI=1S/C23H29F5/c1-2-15-3-5-16(6-4-15)7-8-17-9-11-18(12-10-17)19-13-20(24)22(21(25)14-19)23(26,27)28/h2,13-18H,1,3-12H2/t15-,16-,17-,18-. The van der Waals surface area contributed by atoms with Crippen LogP contribution in [0.1, 0.15) is 81.3 Å². The van der Waals surface area contributed by atoms with Crippen LogP contribution in [0.5, 0.6) is 0 Å². The van der Waals surface area contributed by atoms with Crippen LogP contribution >= 0.6 is 0 Å². The number of alkyl halides is 3. The van der Waals surface area contributed by atoms with Crippen molar-refractivity contribution in [3.8, 4) is 0 Å². The van der Waals surface area contributed by atoms with Gasteiger partial charge in [0, 0.05) is 0 Å². The average molecular weight is 400 g/mol. The van der Waals surface area contributed by atoms with Crippen LogP contribution in [0.25, 0.3) is 0 Å². The Bertz CT molecular complexity index is 639. The van der Waals surface area contributed by atoms with Crippen molar-refractivity contribution >= 4 is 0 Å². The monoisotopic (exact) mass is 400 g/mol. The van der Waals surface area contributed by atoms with Crippen molar-refractivity contribution in [2.75, 3.05) is 0 Å². The molecule has 1 aromatic rings. The Kier molecular flexibility index (Phi) is 6.82. The minimum Gasteiger partial charge on any atom is -0.206 e. The van der Waals surface area contributed by atoms with Crippen molar-refractivity contribution in [1.29, 1.82) is 0 Å². The van der Waals surface area contributed by atoms with E-state index in [1.165, 1.54) is 38.5 Å². The van der Waals surface area contributed by atoms with Crippen LogP contribution in [-0.2, 0) is 6.18 Å². The van der Waals surface area contributed by atoms with E-state index in [2.05, 4.69) is 12.7 Å². The van der Waals surface area contributed by atoms with Gasteiger partial charge in [-0.2, -0.15) is 13.2 Å². The summed E-state index contributed by atoms with van der Waals surface area (Å²) < 4.78 is 65.9. The summed E-state index contributed by atoms with van der Waals surface area (Å²) in [4.78, 5) is 0. The van der Waals surface area contributed by atoms with E-state index in [9.17, 15) is 22.0 Å². The molecule has 0 amide bonds. The minimum absolute atomic E-state index is 0.0504. The zero-order valence-corrected chi connectivity index (χ0v) is 16.2. The number of hydrogen-bond donors (Lipinski definition) is 0. The Labute approximate surface area is 164 Å². The maximum Gasteiger partial charge on any atom is 0.422 e. The van der Waals surface area contributed by atoms with Gasteiger partial charge in [0.1, 0.15) is 17.2 Å². The third kappa shape index (κ3) is 5.15. The zero-order valence-electron chi connectivity index (χ0n) is 16.2. The Morgan fingerprint density at radius 3 is 1.71 bits per heavy atom. The summed E-state index contributed by atoms with van der Waals surface area (Å²) in [6.07, 6.45) is 8.07. The molecule has 0 aliphatic heterocycles. The molecule has 2 saturated carbocycles. The Morgan fingerprint density at radius 2 is 1.29 bits per heavy atom. The summed E-state index contributed by atoms with van der Waals surface area (Å²) >= 11 is 0. The first-order chi connectivity index (χ1) is 13.3. The summed E-state index contributed by atoms with van der Waals surface area (Å²) in [5.74, 6) is -0.953. The van der Waals surface area contributed by atoms with Crippen LogP contribution in [0.4, 0.5) is 22.0 Å². The van der Waals surface area contributed by atoms with Gasteiger partial charge in [0.2, 0.25) is 0 Å². The van der Waals surface area contributed by atoms with Crippen molar-refractivity contribution in [1.82, 2.24) is 0 Å². The second-order valence-electron chi connectivity index (χ2n) is 8.67. The normalized spacial score (nSPS) is 28.9. The fraction of sp³-hybridized carbons (Fsp3) is 0.652. The van der Waals surface area contributed by atoms with Crippen LogP contribution in [-0.4, -0.2) is 0 Å². The highest BCUT2D eigenvalue weighted by molar-refractivity contribution is 5.30. The smallest absolute Gasteiger partial charge is 0.206 e. The van der Waals surface area contributed by atoms with Crippen molar-refractivity contribution in [3.63, 3.8) is 0 Å². The summed E-state index contributed by atoms with van der Waals surface area (Å²) in [5.41, 5.74) is -1.42. The Balaban J connectivity index is 1.50. The molecule has 2 fully saturated rings. The molecule has 0 atom stereocenters. The van der Waals surface area contributed by atoms with Gasteiger partial charge in [-0.05, 0) is 92.7 Å². The summed E-state index contributed by atoms with van der Waals surface area (Å²) in [6.45, 7) is 3.89. The maximum absolute atomic E-state index is 13.9. The topological polar surface area (TPSA) is 0 Å². The highest BCUT2D eigenvalue weighted by Gasteiger charge is 2.38. The van der Waals surface area contributed by atoms with Crippen LogP contribution in [0, 0.1) is 29.4 Å². The maximum atomic E-state index is 13.9. The Hall–Kier alpha value is -1.39. The summed E-state index contributed by atoms with van der Waals surface area (Å²) in [5, 5.41) is 0. The van der Waals surface area contributed by atoms with E-state index in [-0.39, 0.29) is 5.92 Å². The lowest BCUT2D eigenvalue weighted by atomic mass is 9.74. The second-order valence-corrected chi connectivity index (χ2v) is 8.67. The highest BCUT2D eigenvalue weighted by atomic mass is 19.4. The van der Waals surface area contributed by atoms with Gasteiger partial charge in [0.25, 0.3) is 0 Å². The van der Waals surface area contributed by atoms with Crippen molar-refractivity contribution in [2.45, 2.75) is 76.3 Å². The number of halogens is 5. The molecular weight excluding hydrogens is 371 g/mol. The summed E-state index contributed by atoms with van der Waals surface area (Å²) in [7, 11) is 0. The Morgan fingerprint density at radius 1 is 0.821 bits per heavy atom. The third-order valence-electron chi connectivity index (χ3n) is 6.87. The lowest BCUT2D eigenvalue weighted by Crippen LogP contribution is -2.18. The molecule has 0 spiro atoms. The van der Waals surface area contributed by atoms with Crippen LogP contribution in [0.2, 0.25) is 0 Å². The van der Waals surface area contributed by atoms with E-state index in [1.807, 2.05) is 0 Å². The van der Waals surface area contributed by atoms with E-state index >= 15 is 0 Å². The first-order valence-electron chi connectivity index (χ1n) is 10.5. The van der Waals surface area contributed by atoms with E-state index < -0.39 is 23.4 Å². The van der Waals surface area contributed by atoms with Gasteiger partial charge in [-0.1, -0.05) is 18.9 Å². The predicted molar refractivity (Wildman–Crippen MR) is 101 cm³/mol. The molecule has 0 unspecified atom stereocenters. The first kappa shape index (κ1) is 21.3. The SMILES string of the molecule is C=C[C@H]1CC[C@H](CC[C@H]2CC[C@H](c3cc(F)c(C(F)(F)F)c(F)c3)CC2)CC1. The highest BCUT2D eigenvalue weighted by Crippen LogP contribution is 2.41. The number of benzene rings is 1. The number of allylic oxidation sites excluding steroid dienone is 1. The van der Waals surface area contributed by atoms with Gasteiger partial charge in [0.15, 0.2) is 0 Å². The van der Waals surface area contributed by atoms with Gasteiger partial charge in [-0.3, -0.25) is 0 Å². The number of rotatable bonds is 5. The van der Waals surface area contributed by atoms with Crippen molar-refractivity contribution in [2.24, 2.45) is 17.8 Å². The zero-order chi connectivity index (χ0) is 20.3. The van der Waals surface area contributed by atoms with E-state index in [0.717, 1.165) is 43.7 Å². The fourth-order valence-electron chi connectivity index (χ4n) is 5.07. The average Bonchev–Trinajstić information content (AvgIpc) is 2.65. The molecule has 3 rings (SSSR count). The van der Waals surface area contributed by atoms with Gasteiger partial charge in [0.05, 0.1) is 0 Å². The van der Waals surface area contributed by atoms with Crippen LogP contribution < -0.4 is 0 Å².